The zero-order valence-electron chi connectivity index (χ0n) is 13.7. The smallest absolute Gasteiger partial charge is 0.241 e. The Bertz CT molecular complexity index is 719. The SMILES string of the molecule is C[C@H]1Cc2ccccc2N1C(=O)CN1CCO[C@@H](c2nccs2)C1. The summed E-state index contributed by atoms with van der Waals surface area (Å²) >= 11 is 1.61. The van der Waals surface area contributed by atoms with Crippen molar-refractivity contribution in [1.29, 1.82) is 0 Å². The van der Waals surface area contributed by atoms with Crippen molar-refractivity contribution in [3.05, 3.63) is 46.4 Å². The summed E-state index contributed by atoms with van der Waals surface area (Å²) in [6.07, 6.45) is 2.72. The third-order valence-corrected chi connectivity index (χ3v) is 5.58. The minimum Gasteiger partial charge on any atom is -0.368 e. The first-order chi connectivity index (χ1) is 11.7. The van der Waals surface area contributed by atoms with Gasteiger partial charge in [0.2, 0.25) is 5.91 Å². The summed E-state index contributed by atoms with van der Waals surface area (Å²) in [5.41, 5.74) is 2.33. The first-order valence-electron chi connectivity index (χ1n) is 8.35. The van der Waals surface area contributed by atoms with Crippen LogP contribution in [0.15, 0.2) is 35.8 Å². The van der Waals surface area contributed by atoms with Gasteiger partial charge in [-0.15, -0.1) is 11.3 Å². The molecule has 2 aliphatic heterocycles. The van der Waals surface area contributed by atoms with Gasteiger partial charge in [0.15, 0.2) is 0 Å². The maximum absolute atomic E-state index is 12.9. The van der Waals surface area contributed by atoms with Crippen LogP contribution in [0, 0.1) is 0 Å². The van der Waals surface area contributed by atoms with E-state index in [1.807, 2.05) is 22.4 Å². The van der Waals surface area contributed by atoms with Crippen LogP contribution in [-0.4, -0.2) is 48.1 Å². The van der Waals surface area contributed by atoms with Gasteiger partial charge in [-0.3, -0.25) is 9.69 Å². The number of hydrogen-bond donors (Lipinski definition) is 0. The Morgan fingerprint density at radius 1 is 1.42 bits per heavy atom. The van der Waals surface area contributed by atoms with Crippen LogP contribution < -0.4 is 4.90 Å². The molecular weight excluding hydrogens is 322 g/mol. The lowest BCUT2D eigenvalue weighted by molar-refractivity contribution is -0.122. The van der Waals surface area contributed by atoms with Crippen LogP contribution in [0.3, 0.4) is 0 Å². The molecular formula is C18H21N3O2S. The maximum atomic E-state index is 12.9. The van der Waals surface area contributed by atoms with E-state index in [0.29, 0.717) is 13.2 Å². The molecule has 2 aromatic rings. The van der Waals surface area contributed by atoms with E-state index in [9.17, 15) is 4.79 Å². The quantitative estimate of drug-likeness (QED) is 0.859. The monoisotopic (exact) mass is 343 g/mol. The van der Waals surface area contributed by atoms with Crippen molar-refractivity contribution in [2.45, 2.75) is 25.5 Å². The van der Waals surface area contributed by atoms with Crippen molar-refractivity contribution in [2.24, 2.45) is 0 Å². The minimum atomic E-state index is -0.0187. The molecule has 0 aliphatic carbocycles. The molecule has 4 rings (SSSR count). The molecule has 1 aromatic carbocycles. The number of para-hydroxylation sites is 1. The second-order valence-electron chi connectivity index (χ2n) is 6.41. The number of benzene rings is 1. The summed E-state index contributed by atoms with van der Waals surface area (Å²) in [5, 5.41) is 2.96. The molecule has 1 saturated heterocycles. The van der Waals surface area contributed by atoms with Crippen LogP contribution in [-0.2, 0) is 16.0 Å². The Morgan fingerprint density at radius 2 is 2.29 bits per heavy atom. The van der Waals surface area contributed by atoms with Crippen molar-refractivity contribution < 1.29 is 9.53 Å². The Hall–Kier alpha value is -1.76. The highest BCUT2D eigenvalue weighted by atomic mass is 32.1. The second kappa shape index (κ2) is 6.63. The Balaban J connectivity index is 1.44. The Kier molecular flexibility index (Phi) is 4.35. The molecule has 0 N–H and O–H groups in total. The molecule has 1 aromatic heterocycles. The van der Waals surface area contributed by atoms with Crippen molar-refractivity contribution >= 4 is 22.9 Å². The molecule has 6 heteroatoms. The van der Waals surface area contributed by atoms with Gasteiger partial charge in [-0.2, -0.15) is 0 Å². The molecule has 2 aliphatic rings. The number of anilines is 1. The molecule has 1 amide bonds. The van der Waals surface area contributed by atoms with Gasteiger partial charge in [0.05, 0.1) is 13.2 Å². The molecule has 0 spiro atoms. The third-order valence-electron chi connectivity index (χ3n) is 4.71. The highest BCUT2D eigenvalue weighted by Crippen LogP contribution is 2.32. The summed E-state index contributed by atoms with van der Waals surface area (Å²) in [6, 6.07) is 8.44. The molecule has 126 valence electrons. The number of nitrogens with zero attached hydrogens (tertiary/aromatic N) is 3. The van der Waals surface area contributed by atoms with Gasteiger partial charge >= 0.3 is 0 Å². The summed E-state index contributed by atoms with van der Waals surface area (Å²) in [4.78, 5) is 21.4. The summed E-state index contributed by atoms with van der Waals surface area (Å²) in [6.45, 7) is 4.71. The number of hydrogen-bond acceptors (Lipinski definition) is 5. The molecule has 0 bridgehead atoms. The van der Waals surface area contributed by atoms with Crippen molar-refractivity contribution in [1.82, 2.24) is 9.88 Å². The number of carbonyl (C=O) groups is 1. The lowest BCUT2D eigenvalue weighted by Crippen LogP contribution is -2.47. The van der Waals surface area contributed by atoms with Gasteiger partial charge in [-0.1, -0.05) is 18.2 Å². The molecule has 24 heavy (non-hydrogen) atoms. The lowest BCUT2D eigenvalue weighted by atomic mass is 10.1. The number of fused-ring (bicyclic) bond motifs is 1. The molecule has 0 unspecified atom stereocenters. The van der Waals surface area contributed by atoms with Crippen LogP contribution in [0.4, 0.5) is 5.69 Å². The number of aromatic nitrogens is 1. The predicted molar refractivity (Wildman–Crippen MR) is 94.3 cm³/mol. The summed E-state index contributed by atoms with van der Waals surface area (Å²) in [5.74, 6) is 0.173. The van der Waals surface area contributed by atoms with Gasteiger partial charge in [-0.25, -0.2) is 4.98 Å². The molecule has 5 nitrogen and oxygen atoms in total. The van der Waals surface area contributed by atoms with Crippen LogP contribution >= 0.6 is 11.3 Å². The van der Waals surface area contributed by atoms with Crippen LogP contribution in [0.25, 0.3) is 0 Å². The maximum Gasteiger partial charge on any atom is 0.241 e. The van der Waals surface area contributed by atoms with Crippen LogP contribution in [0.1, 0.15) is 23.6 Å². The minimum absolute atomic E-state index is 0.0187. The van der Waals surface area contributed by atoms with Crippen LogP contribution in [0.2, 0.25) is 0 Å². The van der Waals surface area contributed by atoms with Crippen LogP contribution in [0.5, 0.6) is 0 Å². The largest absolute Gasteiger partial charge is 0.368 e. The number of rotatable bonds is 3. The van der Waals surface area contributed by atoms with Gasteiger partial charge in [0.25, 0.3) is 0 Å². The first-order valence-corrected chi connectivity index (χ1v) is 9.23. The van der Waals surface area contributed by atoms with E-state index >= 15 is 0 Å². The van der Waals surface area contributed by atoms with E-state index in [-0.39, 0.29) is 18.1 Å². The predicted octanol–water partition coefficient (Wildman–Crippen LogP) is 2.49. The fraction of sp³-hybridized carbons (Fsp3) is 0.444. The van der Waals surface area contributed by atoms with Crippen molar-refractivity contribution in [3.8, 4) is 0 Å². The van der Waals surface area contributed by atoms with E-state index in [1.54, 1.807) is 17.5 Å². The van der Waals surface area contributed by atoms with Gasteiger partial charge in [0, 0.05) is 36.4 Å². The van der Waals surface area contributed by atoms with Crippen molar-refractivity contribution in [3.63, 3.8) is 0 Å². The zero-order valence-corrected chi connectivity index (χ0v) is 14.5. The fourth-order valence-electron chi connectivity index (χ4n) is 3.60. The fourth-order valence-corrected chi connectivity index (χ4v) is 4.28. The molecule has 0 saturated carbocycles. The number of ether oxygens (including phenoxy) is 1. The number of morpholine rings is 1. The normalized spacial score (nSPS) is 24.1. The van der Waals surface area contributed by atoms with Gasteiger partial charge in [-0.05, 0) is 25.0 Å². The van der Waals surface area contributed by atoms with E-state index in [0.717, 1.165) is 30.2 Å². The molecule has 0 radical (unpaired) electrons. The number of carbonyl (C=O) groups excluding carboxylic acids is 1. The second-order valence-corrected chi connectivity index (χ2v) is 7.34. The third kappa shape index (κ3) is 2.97. The highest BCUT2D eigenvalue weighted by Gasteiger charge is 2.32. The molecule has 1 fully saturated rings. The van der Waals surface area contributed by atoms with E-state index in [2.05, 4.69) is 28.9 Å². The summed E-state index contributed by atoms with van der Waals surface area (Å²) < 4.78 is 5.82. The summed E-state index contributed by atoms with van der Waals surface area (Å²) in [7, 11) is 0. The van der Waals surface area contributed by atoms with E-state index < -0.39 is 0 Å². The first kappa shape index (κ1) is 15.7. The average Bonchev–Trinajstić information content (AvgIpc) is 3.21. The van der Waals surface area contributed by atoms with Gasteiger partial charge < -0.3 is 9.64 Å². The zero-order chi connectivity index (χ0) is 16.5. The topological polar surface area (TPSA) is 45.7 Å². The highest BCUT2D eigenvalue weighted by molar-refractivity contribution is 7.09. The standard InChI is InChI=1S/C18H21N3O2S/c1-13-10-14-4-2-3-5-15(14)21(13)17(22)12-20-7-8-23-16(11-20)18-19-6-9-24-18/h2-6,9,13,16H,7-8,10-12H2,1H3/t13-,16+/m0/s1. The van der Waals surface area contributed by atoms with Crippen molar-refractivity contribution in [2.75, 3.05) is 31.1 Å². The van der Waals surface area contributed by atoms with E-state index in [4.69, 9.17) is 4.74 Å². The molecule has 3 heterocycles. The Morgan fingerprint density at radius 3 is 3.12 bits per heavy atom. The Labute approximate surface area is 145 Å². The number of thiazole rings is 1. The lowest BCUT2D eigenvalue weighted by Gasteiger charge is -2.33. The molecule has 2 atom stereocenters. The van der Waals surface area contributed by atoms with Gasteiger partial charge in [0.1, 0.15) is 11.1 Å². The van der Waals surface area contributed by atoms with E-state index in [1.165, 1.54) is 5.56 Å². The average molecular weight is 343 g/mol. The number of amides is 1.